The van der Waals surface area contributed by atoms with Gasteiger partial charge in [0.1, 0.15) is 6.10 Å². The molecule has 15 heavy (non-hydrogen) atoms. The highest BCUT2D eigenvalue weighted by atomic mass is 28.2. The van der Waals surface area contributed by atoms with E-state index in [9.17, 15) is 0 Å². The number of rotatable bonds is 11. The molecule has 90 valence electrons. The maximum Gasteiger partial charge on any atom is 0.161 e. The van der Waals surface area contributed by atoms with Crippen molar-refractivity contribution in [3.63, 3.8) is 0 Å². The van der Waals surface area contributed by atoms with Crippen LogP contribution in [0.4, 0.5) is 0 Å². The van der Waals surface area contributed by atoms with Gasteiger partial charge in [0.05, 0.1) is 13.2 Å². The van der Waals surface area contributed by atoms with Crippen LogP contribution in [0.2, 0.25) is 6.04 Å². The number of hydrogen-bond acceptors (Lipinski definition) is 3. The lowest BCUT2D eigenvalue weighted by molar-refractivity contribution is 0.116. The summed E-state index contributed by atoms with van der Waals surface area (Å²) >= 11 is 0. The molecule has 1 saturated heterocycles. The van der Waals surface area contributed by atoms with E-state index in [1.165, 1.54) is 25.3 Å². The van der Waals surface area contributed by atoms with E-state index >= 15 is 0 Å². The van der Waals surface area contributed by atoms with E-state index < -0.39 is 0 Å². The van der Waals surface area contributed by atoms with Gasteiger partial charge in [-0.1, -0.05) is 19.8 Å². The Hall–Kier alpha value is 0.0969. The molecule has 0 amide bonds. The van der Waals surface area contributed by atoms with Crippen molar-refractivity contribution >= 4 is 9.76 Å². The Kier molecular flexibility index (Phi) is 8.19. The second-order valence-corrected chi connectivity index (χ2v) is 5.58. The van der Waals surface area contributed by atoms with Crippen molar-refractivity contribution in [3.05, 3.63) is 0 Å². The molecule has 0 aromatic rings. The zero-order valence-corrected chi connectivity index (χ0v) is 11.3. The fraction of sp³-hybridized carbons (Fsp3) is 1.00. The number of hydrogen-bond donors (Lipinski definition) is 0. The number of epoxide rings is 1. The zero-order valence-electron chi connectivity index (χ0n) is 9.87. The van der Waals surface area contributed by atoms with E-state index in [2.05, 4.69) is 6.92 Å². The Bertz CT molecular complexity index is 140. The molecule has 4 heteroatoms. The first kappa shape index (κ1) is 13.2. The lowest BCUT2D eigenvalue weighted by Gasteiger charge is -2.03. The van der Waals surface area contributed by atoms with Crippen molar-refractivity contribution < 1.29 is 13.9 Å². The lowest BCUT2D eigenvalue weighted by Crippen LogP contribution is -2.05. The molecule has 0 bridgehead atoms. The van der Waals surface area contributed by atoms with E-state index in [0.717, 1.165) is 32.8 Å². The molecule has 0 aromatic heterocycles. The van der Waals surface area contributed by atoms with Crippen LogP contribution in [0.25, 0.3) is 0 Å². The average Bonchev–Trinajstić information content (AvgIpc) is 3.05. The predicted molar refractivity (Wildman–Crippen MR) is 64.0 cm³/mol. The van der Waals surface area contributed by atoms with E-state index in [1.807, 2.05) is 0 Å². The third-order valence-corrected chi connectivity index (χ3v) is 3.79. The van der Waals surface area contributed by atoms with Crippen LogP contribution in [0.3, 0.4) is 0 Å². The Morgan fingerprint density at radius 1 is 1.27 bits per heavy atom. The highest BCUT2D eigenvalue weighted by Gasteiger charge is 2.21. The fourth-order valence-corrected chi connectivity index (χ4v) is 2.36. The summed E-state index contributed by atoms with van der Waals surface area (Å²) in [7, 11) is -0.260. The minimum Gasteiger partial charge on any atom is -0.424 e. The van der Waals surface area contributed by atoms with Gasteiger partial charge in [0, 0.05) is 13.2 Å². The molecule has 1 aliphatic rings. The van der Waals surface area contributed by atoms with Gasteiger partial charge in [-0.25, -0.2) is 0 Å². The Balaban J connectivity index is 1.62. The van der Waals surface area contributed by atoms with Crippen LogP contribution in [0.5, 0.6) is 0 Å². The smallest absolute Gasteiger partial charge is 0.161 e. The summed E-state index contributed by atoms with van der Waals surface area (Å²) in [5.41, 5.74) is 0. The summed E-state index contributed by atoms with van der Waals surface area (Å²) in [5.74, 6) is 0. The van der Waals surface area contributed by atoms with E-state index in [4.69, 9.17) is 13.9 Å². The standard InChI is InChI=1S/C11H24O3Si/c1-2-3-4-7-14-15-8-5-6-12-9-11-10-13-11/h11H,2-10,15H2,1H3. The van der Waals surface area contributed by atoms with Crippen LogP contribution in [0, 0.1) is 0 Å². The third-order valence-electron chi connectivity index (χ3n) is 2.43. The van der Waals surface area contributed by atoms with Crippen LogP contribution in [0.1, 0.15) is 32.6 Å². The van der Waals surface area contributed by atoms with Crippen molar-refractivity contribution in [2.45, 2.75) is 44.8 Å². The molecule has 0 saturated carbocycles. The molecule has 0 aromatic carbocycles. The van der Waals surface area contributed by atoms with Crippen molar-refractivity contribution in [3.8, 4) is 0 Å². The molecular weight excluding hydrogens is 208 g/mol. The quantitative estimate of drug-likeness (QED) is 0.307. The molecule has 1 fully saturated rings. The highest BCUT2D eigenvalue weighted by molar-refractivity contribution is 6.26. The molecule has 0 spiro atoms. The SMILES string of the molecule is CCCCCO[SiH2]CCCOCC1CO1. The second-order valence-electron chi connectivity index (χ2n) is 4.06. The minimum atomic E-state index is -0.260. The van der Waals surface area contributed by atoms with E-state index in [-0.39, 0.29) is 9.76 Å². The molecule has 0 aliphatic carbocycles. The number of unbranched alkanes of at least 4 members (excludes halogenated alkanes) is 2. The summed E-state index contributed by atoms with van der Waals surface area (Å²) < 4.78 is 16.1. The topological polar surface area (TPSA) is 31.0 Å². The molecule has 1 atom stereocenters. The maximum absolute atomic E-state index is 5.63. The monoisotopic (exact) mass is 232 g/mol. The molecule has 1 heterocycles. The largest absolute Gasteiger partial charge is 0.424 e. The molecule has 0 radical (unpaired) electrons. The molecule has 0 N–H and O–H groups in total. The van der Waals surface area contributed by atoms with Gasteiger partial charge in [-0.2, -0.15) is 0 Å². The molecule has 3 nitrogen and oxygen atoms in total. The summed E-state index contributed by atoms with van der Waals surface area (Å²) in [6.07, 6.45) is 5.39. The highest BCUT2D eigenvalue weighted by Crippen LogP contribution is 2.08. The van der Waals surface area contributed by atoms with Crippen LogP contribution in [-0.4, -0.2) is 42.3 Å². The van der Waals surface area contributed by atoms with E-state index in [0.29, 0.717) is 6.10 Å². The number of ether oxygens (including phenoxy) is 2. The van der Waals surface area contributed by atoms with Crippen LogP contribution < -0.4 is 0 Å². The molecule has 1 aliphatic heterocycles. The van der Waals surface area contributed by atoms with Gasteiger partial charge in [-0.3, -0.25) is 0 Å². The minimum absolute atomic E-state index is 0.260. The summed E-state index contributed by atoms with van der Waals surface area (Å²) in [4.78, 5) is 0. The van der Waals surface area contributed by atoms with Gasteiger partial charge in [-0.05, 0) is 18.9 Å². The Labute approximate surface area is 95.4 Å². The average molecular weight is 232 g/mol. The first-order valence-electron chi connectivity index (χ1n) is 6.20. The lowest BCUT2D eigenvalue weighted by atomic mass is 10.3. The van der Waals surface area contributed by atoms with Gasteiger partial charge < -0.3 is 13.9 Å². The van der Waals surface area contributed by atoms with Crippen molar-refractivity contribution in [2.24, 2.45) is 0 Å². The molecule has 1 unspecified atom stereocenters. The normalized spacial score (nSPS) is 20.2. The molecular formula is C11H24O3Si. The first-order chi connectivity index (χ1) is 7.43. The van der Waals surface area contributed by atoms with Gasteiger partial charge >= 0.3 is 0 Å². The summed E-state index contributed by atoms with van der Waals surface area (Å²) in [6.45, 7) is 5.77. The third kappa shape index (κ3) is 9.05. The molecule has 1 rings (SSSR count). The predicted octanol–water partition coefficient (Wildman–Crippen LogP) is 1.50. The van der Waals surface area contributed by atoms with Crippen molar-refractivity contribution in [1.29, 1.82) is 0 Å². The zero-order chi connectivity index (χ0) is 10.8. The van der Waals surface area contributed by atoms with Gasteiger partial charge in [0.15, 0.2) is 9.76 Å². The van der Waals surface area contributed by atoms with Gasteiger partial charge in [0.25, 0.3) is 0 Å². The first-order valence-corrected chi connectivity index (χ1v) is 7.78. The van der Waals surface area contributed by atoms with Crippen LogP contribution in [-0.2, 0) is 13.9 Å². The summed E-state index contributed by atoms with van der Waals surface area (Å²) in [6, 6.07) is 1.25. The second kappa shape index (κ2) is 9.33. The van der Waals surface area contributed by atoms with Gasteiger partial charge in [0.2, 0.25) is 0 Å². The summed E-state index contributed by atoms with van der Waals surface area (Å²) in [5, 5.41) is 0. The van der Waals surface area contributed by atoms with E-state index in [1.54, 1.807) is 0 Å². The van der Waals surface area contributed by atoms with Crippen LogP contribution in [0.15, 0.2) is 0 Å². The maximum atomic E-state index is 5.63. The Morgan fingerprint density at radius 2 is 2.13 bits per heavy atom. The Morgan fingerprint density at radius 3 is 2.87 bits per heavy atom. The fourth-order valence-electron chi connectivity index (χ4n) is 1.34. The van der Waals surface area contributed by atoms with Crippen molar-refractivity contribution in [2.75, 3.05) is 26.4 Å². The van der Waals surface area contributed by atoms with Crippen molar-refractivity contribution in [1.82, 2.24) is 0 Å². The van der Waals surface area contributed by atoms with Crippen LogP contribution >= 0.6 is 0 Å². The van der Waals surface area contributed by atoms with Gasteiger partial charge in [-0.15, -0.1) is 0 Å².